The van der Waals surface area contributed by atoms with Gasteiger partial charge in [-0.05, 0) is 82.0 Å². The topological polar surface area (TPSA) is 358 Å². The second-order valence-electron chi connectivity index (χ2n) is 17.4. The molecule has 67 heavy (non-hydrogen) atoms. The number of benzene rings is 1. The molecule has 1 aromatic heterocycles. The summed E-state index contributed by atoms with van der Waals surface area (Å²) in [6.45, 7) is 4.99. The molecule has 4 rings (SSSR count). The highest BCUT2D eigenvalue weighted by Crippen LogP contribution is 2.29. The molecule has 1 aliphatic heterocycles. The van der Waals surface area contributed by atoms with Crippen LogP contribution in [0.1, 0.15) is 83.4 Å². The standard InChI is InChI=1S/C44H67N13O10/c1-24(2)35(55-37(60)30(52-34(59)22-47-4)11-7-17-49-44(45)46)40(63)53-31(19-26-13-15-29(58)16-14-26)38(61)56-36(27-9-5-6-10-27)41(64)54-32(20-28-21-48-23-50-28)42(65)57-18-8-12-33(57)39(62)51-25(3)43(66)67/h13-16,21,23-25,27,30-33,35-36,47,58H,5-12,17-20,22H2,1-4H3,(H,48,50)(H,51,62)(H,52,59)(H,53,63)(H,54,64)(H,55,60)(H,56,61)(H,66,67)(H4,45,46,49)/t25-,30-,31-,32-,33-,35-,36-/m0/s1. The lowest BCUT2D eigenvalue weighted by Gasteiger charge is -2.32. The summed E-state index contributed by atoms with van der Waals surface area (Å²) in [7, 11) is 1.57. The number of phenolic OH excluding ortho intramolecular Hbond substituents is 1. The van der Waals surface area contributed by atoms with Crippen molar-refractivity contribution in [2.75, 3.05) is 26.7 Å². The van der Waals surface area contributed by atoms with Crippen LogP contribution in [0.3, 0.4) is 0 Å². The van der Waals surface area contributed by atoms with Gasteiger partial charge in [0.2, 0.25) is 41.4 Å². The number of rotatable bonds is 25. The Morgan fingerprint density at radius 3 is 2.10 bits per heavy atom. The normalized spacial score (nSPS) is 17.5. The lowest BCUT2D eigenvalue weighted by atomic mass is 9.95. The largest absolute Gasteiger partial charge is 0.508 e. The lowest BCUT2D eigenvalue weighted by Crippen LogP contribution is -2.62. The van der Waals surface area contributed by atoms with Gasteiger partial charge >= 0.3 is 5.97 Å². The summed E-state index contributed by atoms with van der Waals surface area (Å²) in [6.07, 6.45) is 6.64. The molecule has 0 radical (unpaired) electrons. The molecule has 1 aliphatic carbocycles. The number of phenols is 1. The van der Waals surface area contributed by atoms with Crippen LogP contribution in [0.5, 0.6) is 5.75 Å². The summed E-state index contributed by atoms with van der Waals surface area (Å²) < 4.78 is 0. The third kappa shape index (κ3) is 16.3. The molecule has 23 heteroatoms. The smallest absolute Gasteiger partial charge is 0.325 e. The third-order valence-corrected chi connectivity index (χ3v) is 11.8. The van der Waals surface area contributed by atoms with Crippen LogP contribution in [0.2, 0.25) is 0 Å². The van der Waals surface area contributed by atoms with E-state index in [1.165, 1.54) is 36.5 Å². The van der Waals surface area contributed by atoms with Gasteiger partial charge in [0.1, 0.15) is 48.0 Å². The number of carboxylic acid groups (broad SMARTS) is 1. The maximum absolute atomic E-state index is 14.6. The SMILES string of the molecule is CNCC(=O)N[C@@H](CCCN=C(N)N)C(=O)N[C@H](C(=O)N[C@@H](Cc1ccc(O)cc1)C(=O)N[C@H](C(=O)N[C@@H](Cc1cnc[nH]1)C(=O)N1CCC[C@H]1C(=O)N[C@@H](C)C(=O)O)C1CCCC1)C(C)C. The number of aromatic nitrogens is 2. The number of likely N-dealkylation sites (tertiary alicyclic amines) is 1. The van der Waals surface area contributed by atoms with Crippen molar-refractivity contribution in [3.8, 4) is 5.75 Å². The van der Waals surface area contributed by atoms with Gasteiger partial charge in [0, 0.05) is 37.8 Å². The number of guanidine groups is 1. The number of aromatic hydroxyl groups is 1. The Bertz CT molecular complexity index is 2040. The van der Waals surface area contributed by atoms with Crippen LogP contribution in [-0.4, -0.2) is 147 Å². The first-order valence-electron chi connectivity index (χ1n) is 22.7. The Kier molecular flexibility index (Phi) is 20.3. The number of hydrogen-bond donors (Lipinski definition) is 12. The van der Waals surface area contributed by atoms with Crippen LogP contribution in [0.4, 0.5) is 0 Å². The number of likely N-dealkylation sites (N-methyl/N-ethyl adjacent to an activating group) is 1. The van der Waals surface area contributed by atoms with Gasteiger partial charge in [0.05, 0.1) is 12.9 Å². The molecular weight excluding hydrogens is 871 g/mol. The quantitative estimate of drug-likeness (QED) is 0.0292. The monoisotopic (exact) mass is 938 g/mol. The molecule has 7 amide bonds. The van der Waals surface area contributed by atoms with Crippen molar-refractivity contribution in [2.24, 2.45) is 28.3 Å². The Balaban J connectivity index is 1.60. The van der Waals surface area contributed by atoms with Crippen molar-refractivity contribution in [1.29, 1.82) is 0 Å². The summed E-state index contributed by atoms with van der Waals surface area (Å²) in [4.78, 5) is 121. The first-order valence-corrected chi connectivity index (χ1v) is 22.7. The molecule has 2 heterocycles. The van der Waals surface area contributed by atoms with Crippen molar-refractivity contribution in [3.05, 3.63) is 48.0 Å². The highest BCUT2D eigenvalue weighted by atomic mass is 16.4. The maximum atomic E-state index is 14.6. The molecule has 1 saturated carbocycles. The van der Waals surface area contributed by atoms with Gasteiger partial charge < -0.3 is 68.8 Å². The van der Waals surface area contributed by atoms with E-state index in [0.29, 0.717) is 36.9 Å². The molecule has 368 valence electrons. The van der Waals surface area contributed by atoms with Crippen LogP contribution >= 0.6 is 0 Å². The van der Waals surface area contributed by atoms with Crippen LogP contribution in [0.15, 0.2) is 41.8 Å². The maximum Gasteiger partial charge on any atom is 0.325 e. The van der Waals surface area contributed by atoms with Gasteiger partial charge in [-0.1, -0.05) is 38.8 Å². The van der Waals surface area contributed by atoms with E-state index < -0.39 is 95.5 Å². The third-order valence-electron chi connectivity index (χ3n) is 11.8. The van der Waals surface area contributed by atoms with E-state index in [9.17, 15) is 48.6 Å². The first kappa shape index (κ1) is 52.8. The Morgan fingerprint density at radius 1 is 0.821 bits per heavy atom. The summed E-state index contributed by atoms with van der Waals surface area (Å²) in [6, 6.07) is -2.19. The molecule has 2 fully saturated rings. The zero-order valence-electron chi connectivity index (χ0n) is 38.5. The lowest BCUT2D eigenvalue weighted by molar-refractivity contribution is -0.144. The summed E-state index contributed by atoms with van der Waals surface area (Å²) in [5.41, 5.74) is 11.9. The van der Waals surface area contributed by atoms with Crippen molar-refractivity contribution in [3.63, 3.8) is 0 Å². The number of aliphatic imine (C=N–C) groups is 1. The number of nitrogens with one attached hydrogen (secondary N) is 8. The molecule has 0 unspecified atom stereocenters. The Hall–Kier alpha value is -6.78. The number of H-pyrrole nitrogens is 1. The van der Waals surface area contributed by atoms with E-state index in [1.54, 1.807) is 33.0 Å². The molecule has 1 saturated heterocycles. The fourth-order valence-electron chi connectivity index (χ4n) is 8.20. The van der Waals surface area contributed by atoms with Gasteiger partial charge in [-0.2, -0.15) is 0 Å². The zero-order chi connectivity index (χ0) is 49.2. The predicted molar refractivity (Wildman–Crippen MR) is 244 cm³/mol. The second kappa shape index (κ2) is 25.8. The Labute approximate surface area is 389 Å². The van der Waals surface area contributed by atoms with Gasteiger partial charge in [0.15, 0.2) is 5.96 Å². The fraction of sp³-hybridized carbons (Fsp3) is 0.591. The average Bonchev–Trinajstić information content (AvgIpc) is 4.10. The van der Waals surface area contributed by atoms with Crippen LogP contribution in [-0.2, 0) is 51.2 Å². The van der Waals surface area contributed by atoms with E-state index in [0.717, 1.165) is 12.8 Å². The zero-order valence-corrected chi connectivity index (χ0v) is 38.5. The fourth-order valence-corrected chi connectivity index (χ4v) is 8.20. The predicted octanol–water partition coefficient (Wildman–Crippen LogP) is -1.98. The van der Waals surface area contributed by atoms with Crippen LogP contribution in [0, 0.1) is 11.8 Å². The number of carbonyl (C=O) groups is 8. The molecule has 1 aromatic carbocycles. The van der Waals surface area contributed by atoms with Crippen molar-refractivity contribution in [2.45, 2.75) is 127 Å². The van der Waals surface area contributed by atoms with Crippen molar-refractivity contribution in [1.82, 2.24) is 52.1 Å². The van der Waals surface area contributed by atoms with Gasteiger partial charge in [-0.15, -0.1) is 0 Å². The molecule has 14 N–H and O–H groups in total. The highest BCUT2D eigenvalue weighted by Gasteiger charge is 2.41. The van der Waals surface area contributed by atoms with Crippen molar-refractivity contribution >= 4 is 53.3 Å². The number of hydrogen-bond acceptors (Lipinski definition) is 12. The summed E-state index contributed by atoms with van der Waals surface area (Å²) in [5.74, 6) is -6.76. The average molecular weight is 938 g/mol. The number of nitrogens with two attached hydrogens (primary N) is 2. The Morgan fingerprint density at radius 2 is 1.49 bits per heavy atom. The van der Waals surface area contributed by atoms with E-state index in [4.69, 9.17) is 11.5 Å². The summed E-state index contributed by atoms with van der Waals surface area (Å²) in [5, 5.41) is 38.4. The number of amides is 7. The molecule has 23 nitrogen and oxygen atoms in total. The number of nitrogens with zero attached hydrogens (tertiary/aromatic N) is 3. The van der Waals surface area contributed by atoms with Gasteiger partial charge in [-0.25, -0.2) is 4.98 Å². The van der Waals surface area contributed by atoms with E-state index >= 15 is 0 Å². The molecule has 2 aliphatic rings. The highest BCUT2D eigenvalue weighted by molar-refractivity contribution is 5.98. The minimum atomic E-state index is -1.32. The van der Waals surface area contributed by atoms with Gasteiger partial charge in [-0.3, -0.25) is 43.3 Å². The minimum absolute atomic E-state index is 0.0288. The number of aliphatic carboxylic acids is 1. The first-order chi connectivity index (χ1) is 31.9. The number of carboxylic acids is 1. The number of imidazole rings is 1. The second-order valence-corrected chi connectivity index (χ2v) is 17.4. The number of carbonyl (C=O) groups excluding carboxylic acids is 7. The molecule has 2 aromatic rings. The molecule has 0 spiro atoms. The minimum Gasteiger partial charge on any atom is -0.508 e. The molecule has 0 bridgehead atoms. The van der Waals surface area contributed by atoms with Crippen LogP contribution in [0.25, 0.3) is 0 Å². The molecule has 7 atom stereocenters. The van der Waals surface area contributed by atoms with E-state index in [2.05, 4.69) is 52.2 Å². The number of aromatic amines is 1. The van der Waals surface area contributed by atoms with Crippen LogP contribution < -0.4 is 48.7 Å². The van der Waals surface area contributed by atoms with Gasteiger partial charge in [0.25, 0.3) is 0 Å². The summed E-state index contributed by atoms with van der Waals surface area (Å²) >= 11 is 0. The van der Waals surface area contributed by atoms with Crippen molar-refractivity contribution < 1.29 is 48.6 Å². The molecular formula is C44H67N13O10. The van der Waals surface area contributed by atoms with E-state index in [1.807, 2.05) is 0 Å². The van der Waals surface area contributed by atoms with E-state index in [-0.39, 0.29) is 62.9 Å².